The van der Waals surface area contributed by atoms with E-state index in [4.69, 9.17) is 0 Å². The molecule has 0 unspecified atom stereocenters. The van der Waals surface area contributed by atoms with Gasteiger partial charge in [0.2, 0.25) is 6.33 Å². The Morgan fingerprint density at radius 3 is 2.93 bits per heavy atom. The van der Waals surface area contributed by atoms with Gasteiger partial charge in [-0.2, -0.15) is 4.57 Å². The van der Waals surface area contributed by atoms with E-state index in [0.717, 1.165) is 6.42 Å². The van der Waals surface area contributed by atoms with Crippen molar-refractivity contribution in [3.8, 4) is 5.69 Å². The molecule has 0 saturated carbocycles. The summed E-state index contributed by atoms with van der Waals surface area (Å²) in [6.07, 6.45) is 3.24. The molecule has 0 saturated heterocycles. The van der Waals surface area contributed by atoms with Gasteiger partial charge < -0.3 is 0 Å². The van der Waals surface area contributed by atoms with Crippen LogP contribution in [0.5, 0.6) is 0 Å². The van der Waals surface area contributed by atoms with E-state index in [1.807, 2.05) is 0 Å². The summed E-state index contributed by atoms with van der Waals surface area (Å²) in [4.78, 5) is 0. The molecule has 1 aliphatic rings. The maximum Gasteiger partial charge on any atom is 0.249 e. The number of nitrogens with zero attached hydrogens (tertiary/aromatic N) is 2. The molecule has 3 rings (SSSR count). The maximum absolute atomic E-state index is 2.30. The Morgan fingerprint density at radius 1 is 1.29 bits per heavy atom. The number of hydrogen-bond donors (Lipinski definition) is 0. The van der Waals surface area contributed by atoms with Crippen molar-refractivity contribution in [1.82, 2.24) is 4.57 Å². The van der Waals surface area contributed by atoms with Gasteiger partial charge in [0.05, 0.1) is 7.05 Å². The van der Waals surface area contributed by atoms with E-state index in [2.05, 4.69) is 53.7 Å². The van der Waals surface area contributed by atoms with Crippen LogP contribution >= 0.6 is 0 Å². The molecule has 70 valence electrons. The molecule has 0 aliphatic carbocycles. The van der Waals surface area contributed by atoms with E-state index in [1.54, 1.807) is 0 Å². The largest absolute Gasteiger partial charge is 0.249 e. The molecular weight excluding hydrogens is 172 g/mol. The number of aromatic nitrogens is 2. The highest BCUT2D eigenvalue weighted by Crippen LogP contribution is 2.22. The highest BCUT2D eigenvalue weighted by molar-refractivity contribution is 5.40. The zero-order valence-electron chi connectivity index (χ0n) is 8.49. The summed E-state index contributed by atoms with van der Waals surface area (Å²) in [5.74, 6) is 0. The first-order valence-corrected chi connectivity index (χ1v) is 4.92. The van der Waals surface area contributed by atoms with Gasteiger partial charge >= 0.3 is 0 Å². The van der Waals surface area contributed by atoms with Crippen LogP contribution in [0.2, 0.25) is 0 Å². The summed E-state index contributed by atoms with van der Waals surface area (Å²) < 4.78 is 4.48. The summed E-state index contributed by atoms with van der Waals surface area (Å²) in [5.41, 5.74) is 5.56. The van der Waals surface area contributed by atoms with Crippen molar-refractivity contribution in [2.24, 2.45) is 7.05 Å². The third kappa shape index (κ3) is 0.830. The minimum Gasteiger partial charge on any atom is -0.236 e. The lowest BCUT2D eigenvalue weighted by atomic mass is 10.1. The average molecular weight is 185 g/mol. The van der Waals surface area contributed by atoms with Crippen molar-refractivity contribution in [1.29, 1.82) is 0 Å². The molecule has 2 heterocycles. The number of aryl methyl sites for hydroxylation is 1. The molecule has 0 spiro atoms. The Morgan fingerprint density at radius 2 is 2.07 bits per heavy atom. The maximum atomic E-state index is 2.30. The molecule has 2 nitrogen and oxygen atoms in total. The van der Waals surface area contributed by atoms with Crippen LogP contribution in [0.15, 0.2) is 30.6 Å². The predicted molar refractivity (Wildman–Crippen MR) is 54.5 cm³/mol. The second-order valence-corrected chi connectivity index (χ2v) is 3.93. The van der Waals surface area contributed by atoms with Crippen molar-refractivity contribution in [2.45, 2.75) is 13.3 Å². The van der Waals surface area contributed by atoms with Crippen LogP contribution < -0.4 is 4.57 Å². The fourth-order valence-electron chi connectivity index (χ4n) is 2.20. The molecule has 1 aromatic heterocycles. The van der Waals surface area contributed by atoms with E-state index < -0.39 is 0 Å². The van der Waals surface area contributed by atoms with Crippen LogP contribution in [0.1, 0.15) is 17.0 Å². The minimum absolute atomic E-state index is 1.07. The van der Waals surface area contributed by atoms with Gasteiger partial charge in [0, 0.05) is 18.9 Å². The lowest BCUT2D eigenvalue weighted by Crippen LogP contribution is -2.28. The summed E-state index contributed by atoms with van der Waals surface area (Å²) in [5, 5.41) is 0. The summed E-state index contributed by atoms with van der Waals surface area (Å²) in [7, 11) is 2.10. The number of rotatable bonds is 0. The Labute approximate surface area is 83.4 Å². The van der Waals surface area contributed by atoms with Gasteiger partial charge in [0.15, 0.2) is 5.69 Å². The van der Waals surface area contributed by atoms with Crippen molar-refractivity contribution >= 4 is 0 Å². The van der Waals surface area contributed by atoms with Gasteiger partial charge in [-0.1, -0.05) is 18.2 Å². The van der Waals surface area contributed by atoms with E-state index in [9.17, 15) is 0 Å². The van der Waals surface area contributed by atoms with Crippen LogP contribution in [0.4, 0.5) is 0 Å². The van der Waals surface area contributed by atoms with Gasteiger partial charge in [0.25, 0.3) is 0 Å². The average Bonchev–Trinajstić information content (AvgIpc) is 2.67. The second-order valence-electron chi connectivity index (χ2n) is 3.93. The Balaban J connectivity index is 2.31. The molecule has 0 amide bonds. The number of para-hydroxylation sites is 1. The molecular formula is C12H13N2+. The van der Waals surface area contributed by atoms with Gasteiger partial charge in [-0.15, -0.1) is 0 Å². The van der Waals surface area contributed by atoms with Crippen molar-refractivity contribution in [3.05, 3.63) is 47.5 Å². The molecule has 14 heavy (non-hydrogen) atoms. The van der Waals surface area contributed by atoms with E-state index in [1.165, 1.54) is 22.6 Å². The highest BCUT2D eigenvalue weighted by atomic mass is 15.1. The summed E-state index contributed by atoms with van der Waals surface area (Å²) in [6.45, 7) is 2.18. The van der Waals surface area contributed by atoms with E-state index >= 15 is 0 Å². The van der Waals surface area contributed by atoms with Crippen LogP contribution in [0.3, 0.4) is 0 Å². The first-order chi connectivity index (χ1) is 6.77. The minimum atomic E-state index is 1.07. The van der Waals surface area contributed by atoms with Gasteiger partial charge in [-0.05, 0) is 6.07 Å². The molecule has 2 aromatic rings. The Bertz CT molecular complexity index is 509. The normalized spacial score (nSPS) is 12.7. The van der Waals surface area contributed by atoms with Crippen LogP contribution in [-0.2, 0) is 13.5 Å². The second kappa shape index (κ2) is 2.47. The zero-order chi connectivity index (χ0) is 9.71. The lowest BCUT2D eigenvalue weighted by Gasteiger charge is -1.93. The molecule has 0 bridgehead atoms. The van der Waals surface area contributed by atoms with Crippen LogP contribution in [-0.4, -0.2) is 4.57 Å². The number of hydrogen-bond acceptors (Lipinski definition) is 0. The first-order valence-electron chi connectivity index (χ1n) is 4.92. The van der Waals surface area contributed by atoms with E-state index in [-0.39, 0.29) is 0 Å². The quantitative estimate of drug-likeness (QED) is 0.469. The number of fused-ring (bicyclic) bond motifs is 3. The van der Waals surface area contributed by atoms with Gasteiger partial charge in [0.1, 0.15) is 11.4 Å². The fourth-order valence-corrected chi connectivity index (χ4v) is 2.20. The van der Waals surface area contributed by atoms with Gasteiger partial charge in [-0.3, -0.25) is 0 Å². The summed E-state index contributed by atoms with van der Waals surface area (Å²) in [6, 6.07) is 8.61. The van der Waals surface area contributed by atoms with Crippen molar-refractivity contribution < 1.29 is 4.57 Å². The monoisotopic (exact) mass is 185 g/mol. The molecule has 0 fully saturated rings. The Kier molecular flexibility index (Phi) is 1.38. The Hall–Kier alpha value is -1.57. The molecule has 0 N–H and O–H groups in total. The topological polar surface area (TPSA) is 8.81 Å². The van der Waals surface area contributed by atoms with Crippen molar-refractivity contribution in [2.75, 3.05) is 0 Å². The summed E-state index contributed by atoms with van der Waals surface area (Å²) >= 11 is 0. The van der Waals surface area contributed by atoms with Crippen molar-refractivity contribution in [3.63, 3.8) is 0 Å². The third-order valence-corrected chi connectivity index (χ3v) is 3.14. The molecule has 0 atom stereocenters. The first kappa shape index (κ1) is 7.80. The van der Waals surface area contributed by atoms with Gasteiger partial charge in [-0.25, -0.2) is 4.57 Å². The van der Waals surface area contributed by atoms with E-state index in [0.29, 0.717) is 0 Å². The number of imidazole rings is 1. The SMILES string of the molecule is Cc1c2[n+](cn1C)-c1ccccc1C2. The third-order valence-electron chi connectivity index (χ3n) is 3.14. The molecule has 2 heteroatoms. The fraction of sp³-hybridized carbons (Fsp3) is 0.250. The van der Waals surface area contributed by atoms with Crippen LogP contribution in [0, 0.1) is 6.92 Å². The smallest absolute Gasteiger partial charge is 0.236 e. The molecule has 1 aliphatic heterocycles. The zero-order valence-corrected chi connectivity index (χ0v) is 8.49. The molecule has 0 radical (unpaired) electrons. The molecule has 1 aromatic carbocycles. The van der Waals surface area contributed by atoms with Crippen LogP contribution in [0.25, 0.3) is 5.69 Å². The standard InChI is InChI=1S/C12H13N2/c1-9-12-7-10-5-3-4-6-11(10)14(12)8-13(9)2/h3-6,8H,7H2,1-2H3/q+1. The lowest BCUT2D eigenvalue weighted by molar-refractivity contribution is -0.596. The number of benzene rings is 1. The highest BCUT2D eigenvalue weighted by Gasteiger charge is 2.27. The predicted octanol–water partition coefficient (Wildman–Crippen LogP) is 1.51.